The molecule has 0 atom stereocenters. The molecule has 0 radical (unpaired) electrons. The van der Waals surface area contributed by atoms with Crippen LogP contribution < -0.4 is 11.2 Å². The van der Waals surface area contributed by atoms with Crippen molar-refractivity contribution in [3.05, 3.63) is 104 Å². The number of hydrogen-bond donors (Lipinski definition) is 0. The summed E-state index contributed by atoms with van der Waals surface area (Å²) in [4.78, 5) is 30.1. The molecule has 0 aliphatic heterocycles. The standard InChI is InChI=1S/C25H20N2O4S/c1-15-10-20-17(12-23(28)31-22(20)11-16(15)2)14-32-25-26-21-8-4-3-7-19(21)24(29)27(25)13-18-6-5-9-30-18/h3-12H,13-14H2,1-2H3. The van der Waals surface area contributed by atoms with Gasteiger partial charge in [-0.3, -0.25) is 9.36 Å². The third kappa shape index (κ3) is 3.76. The largest absolute Gasteiger partial charge is 0.467 e. The number of aromatic nitrogens is 2. The molecule has 2 aromatic carbocycles. The molecule has 5 aromatic rings. The van der Waals surface area contributed by atoms with E-state index in [2.05, 4.69) is 0 Å². The molecule has 7 heteroatoms. The molecule has 3 heterocycles. The molecule has 0 bridgehead atoms. The van der Waals surface area contributed by atoms with Crippen molar-refractivity contribution in [2.45, 2.75) is 31.3 Å². The van der Waals surface area contributed by atoms with Gasteiger partial charge in [0.15, 0.2) is 5.16 Å². The van der Waals surface area contributed by atoms with Gasteiger partial charge in [0.05, 0.1) is 23.7 Å². The molecule has 6 nitrogen and oxygen atoms in total. The fourth-order valence-electron chi connectivity index (χ4n) is 3.70. The van der Waals surface area contributed by atoms with E-state index in [1.54, 1.807) is 23.0 Å². The molecule has 3 aromatic heterocycles. The zero-order valence-electron chi connectivity index (χ0n) is 17.6. The van der Waals surface area contributed by atoms with Crippen LogP contribution in [-0.2, 0) is 12.3 Å². The average molecular weight is 445 g/mol. The van der Waals surface area contributed by atoms with Gasteiger partial charge in [-0.25, -0.2) is 9.78 Å². The Morgan fingerprint density at radius 2 is 1.78 bits per heavy atom. The molecule has 0 unspecified atom stereocenters. The Morgan fingerprint density at radius 3 is 2.59 bits per heavy atom. The van der Waals surface area contributed by atoms with E-state index in [1.165, 1.54) is 17.8 Å². The summed E-state index contributed by atoms with van der Waals surface area (Å²) in [6, 6.07) is 16.4. The lowest BCUT2D eigenvalue weighted by Gasteiger charge is -2.13. The molecule has 0 saturated carbocycles. The van der Waals surface area contributed by atoms with E-state index in [0.717, 1.165) is 22.1 Å². The minimum Gasteiger partial charge on any atom is -0.467 e. The Labute approximate surface area is 187 Å². The van der Waals surface area contributed by atoms with Crippen molar-refractivity contribution in [2.24, 2.45) is 0 Å². The van der Waals surface area contributed by atoms with Gasteiger partial charge in [0, 0.05) is 17.2 Å². The Morgan fingerprint density at radius 1 is 0.969 bits per heavy atom. The van der Waals surface area contributed by atoms with E-state index >= 15 is 0 Å². The summed E-state index contributed by atoms with van der Waals surface area (Å²) < 4.78 is 12.5. The number of nitrogens with zero attached hydrogens (tertiary/aromatic N) is 2. The molecule has 0 saturated heterocycles. The summed E-state index contributed by atoms with van der Waals surface area (Å²) in [5.41, 5.74) is 3.71. The number of thioether (sulfide) groups is 1. The second kappa shape index (κ2) is 8.16. The number of fused-ring (bicyclic) bond motifs is 2. The lowest BCUT2D eigenvalue weighted by molar-refractivity contribution is 0.476. The van der Waals surface area contributed by atoms with Crippen LogP contribution in [0.5, 0.6) is 0 Å². The van der Waals surface area contributed by atoms with Gasteiger partial charge in [-0.15, -0.1) is 0 Å². The van der Waals surface area contributed by atoms with Crippen molar-refractivity contribution in [1.82, 2.24) is 9.55 Å². The highest BCUT2D eigenvalue weighted by atomic mass is 32.2. The summed E-state index contributed by atoms with van der Waals surface area (Å²) >= 11 is 1.41. The Hall–Kier alpha value is -3.58. The van der Waals surface area contributed by atoms with Crippen LogP contribution in [0.4, 0.5) is 0 Å². The van der Waals surface area contributed by atoms with E-state index in [4.69, 9.17) is 13.8 Å². The van der Waals surface area contributed by atoms with Gasteiger partial charge in [-0.2, -0.15) is 0 Å². The number of aryl methyl sites for hydroxylation is 2. The van der Waals surface area contributed by atoms with Crippen molar-refractivity contribution in [1.29, 1.82) is 0 Å². The monoisotopic (exact) mass is 444 g/mol. The van der Waals surface area contributed by atoms with Gasteiger partial charge in [0.25, 0.3) is 5.56 Å². The second-order valence-electron chi connectivity index (χ2n) is 7.69. The molecule has 0 aliphatic carbocycles. The number of hydrogen-bond acceptors (Lipinski definition) is 6. The fraction of sp³-hybridized carbons (Fsp3) is 0.160. The van der Waals surface area contributed by atoms with Crippen LogP contribution in [0.2, 0.25) is 0 Å². The third-order valence-electron chi connectivity index (χ3n) is 5.52. The minimum atomic E-state index is -0.393. The Balaban J connectivity index is 1.59. The summed E-state index contributed by atoms with van der Waals surface area (Å²) in [6.07, 6.45) is 1.58. The normalized spacial score (nSPS) is 11.4. The van der Waals surface area contributed by atoms with E-state index in [1.807, 2.05) is 50.2 Å². The Kier molecular flexibility index (Phi) is 5.19. The van der Waals surface area contributed by atoms with Crippen molar-refractivity contribution >= 4 is 33.6 Å². The minimum absolute atomic E-state index is 0.126. The number of benzene rings is 2. The molecule has 0 aliphatic rings. The van der Waals surface area contributed by atoms with Gasteiger partial charge in [0.2, 0.25) is 0 Å². The smallest absolute Gasteiger partial charge is 0.336 e. The lowest BCUT2D eigenvalue weighted by atomic mass is 10.0. The highest BCUT2D eigenvalue weighted by Crippen LogP contribution is 2.28. The lowest BCUT2D eigenvalue weighted by Crippen LogP contribution is -2.23. The van der Waals surface area contributed by atoms with E-state index < -0.39 is 5.63 Å². The predicted molar refractivity (Wildman–Crippen MR) is 125 cm³/mol. The average Bonchev–Trinajstić information content (AvgIpc) is 3.29. The molecule has 0 N–H and O–H groups in total. The summed E-state index contributed by atoms with van der Waals surface area (Å²) in [7, 11) is 0. The maximum absolute atomic E-state index is 13.2. The predicted octanol–water partition coefficient (Wildman–Crippen LogP) is 5.05. The highest BCUT2D eigenvalue weighted by Gasteiger charge is 2.15. The van der Waals surface area contributed by atoms with Crippen molar-refractivity contribution in [2.75, 3.05) is 0 Å². The number of para-hydroxylation sites is 1. The van der Waals surface area contributed by atoms with Crippen LogP contribution in [0.3, 0.4) is 0 Å². The Bertz CT molecular complexity index is 1570. The maximum atomic E-state index is 13.2. The van der Waals surface area contributed by atoms with Crippen molar-refractivity contribution in [3.63, 3.8) is 0 Å². The molecule has 32 heavy (non-hydrogen) atoms. The van der Waals surface area contributed by atoms with Crippen LogP contribution in [0, 0.1) is 13.8 Å². The molecular formula is C25H20N2O4S. The zero-order valence-corrected chi connectivity index (χ0v) is 18.4. The molecule has 5 rings (SSSR count). The van der Waals surface area contributed by atoms with E-state index in [9.17, 15) is 9.59 Å². The first-order valence-electron chi connectivity index (χ1n) is 10.2. The highest BCUT2D eigenvalue weighted by molar-refractivity contribution is 7.98. The molecule has 0 fully saturated rings. The van der Waals surface area contributed by atoms with Crippen molar-refractivity contribution < 1.29 is 8.83 Å². The first kappa shape index (κ1) is 20.3. The quantitative estimate of drug-likeness (QED) is 0.214. The number of rotatable bonds is 5. The van der Waals surface area contributed by atoms with Crippen LogP contribution in [0.25, 0.3) is 21.9 Å². The fourth-order valence-corrected chi connectivity index (χ4v) is 4.69. The maximum Gasteiger partial charge on any atom is 0.336 e. The molecule has 160 valence electrons. The van der Waals surface area contributed by atoms with Crippen LogP contribution in [0.15, 0.2) is 84.4 Å². The van der Waals surface area contributed by atoms with E-state index in [0.29, 0.717) is 33.2 Å². The topological polar surface area (TPSA) is 78.2 Å². The number of furan rings is 1. The van der Waals surface area contributed by atoms with Crippen molar-refractivity contribution in [3.8, 4) is 0 Å². The first-order chi connectivity index (χ1) is 15.5. The second-order valence-corrected chi connectivity index (χ2v) is 8.64. The van der Waals surface area contributed by atoms with Crippen LogP contribution in [0.1, 0.15) is 22.5 Å². The van der Waals surface area contributed by atoms with Gasteiger partial charge < -0.3 is 8.83 Å². The summed E-state index contributed by atoms with van der Waals surface area (Å²) in [5, 5.41) is 2.01. The summed E-state index contributed by atoms with van der Waals surface area (Å²) in [5.74, 6) is 1.14. The summed E-state index contributed by atoms with van der Waals surface area (Å²) in [6.45, 7) is 4.30. The van der Waals surface area contributed by atoms with Crippen LogP contribution in [-0.4, -0.2) is 9.55 Å². The van der Waals surface area contributed by atoms with Gasteiger partial charge in [-0.1, -0.05) is 23.9 Å². The van der Waals surface area contributed by atoms with E-state index in [-0.39, 0.29) is 12.1 Å². The molecule has 0 amide bonds. The molecular weight excluding hydrogens is 424 g/mol. The SMILES string of the molecule is Cc1cc2oc(=O)cc(CSc3nc4ccccc4c(=O)n3Cc3ccco3)c2cc1C. The van der Waals surface area contributed by atoms with Gasteiger partial charge in [-0.05, 0) is 66.9 Å². The first-order valence-corrected chi connectivity index (χ1v) is 11.2. The van der Waals surface area contributed by atoms with Crippen LogP contribution >= 0.6 is 11.8 Å². The third-order valence-corrected chi connectivity index (χ3v) is 6.55. The zero-order chi connectivity index (χ0) is 22.2. The van der Waals surface area contributed by atoms with Gasteiger partial charge >= 0.3 is 5.63 Å². The molecule has 0 spiro atoms. The van der Waals surface area contributed by atoms with Gasteiger partial charge in [0.1, 0.15) is 11.3 Å².